The van der Waals surface area contributed by atoms with Gasteiger partial charge < -0.3 is 9.47 Å². The molecule has 1 aromatic heterocycles. The van der Waals surface area contributed by atoms with E-state index in [1.165, 1.54) is 11.1 Å². The second-order valence-electron chi connectivity index (χ2n) is 8.91. The van der Waals surface area contributed by atoms with Gasteiger partial charge in [-0.1, -0.05) is 18.2 Å². The lowest BCUT2D eigenvalue weighted by Gasteiger charge is -2.34. The third kappa shape index (κ3) is 5.05. The van der Waals surface area contributed by atoms with Gasteiger partial charge in [0.1, 0.15) is 0 Å². The topological polar surface area (TPSA) is 48.4 Å². The highest BCUT2D eigenvalue weighted by Gasteiger charge is 2.36. The standard InChI is InChI=1S/C25H33NO3/c1-7-28-24(27)23(29-25(4,5)6)20-11-9-8-10-19(20)21-15-18-13-12-16(2)14-22(18)26-17(21)3/h11-15,19,23H,7-10H2,1-6H3/t19?,23-/m0/s1. The predicted molar refractivity (Wildman–Crippen MR) is 117 cm³/mol. The lowest BCUT2D eigenvalue weighted by atomic mass is 9.79. The van der Waals surface area contributed by atoms with Crippen LogP contribution in [-0.4, -0.2) is 29.3 Å². The van der Waals surface area contributed by atoms with Gasteiger partial charge in [0.05, 0.1) is 17.7 Å². The highest BCUT2D eigenvalue weighted by Crippen LogP contribution is 2.40. The van der Waals surface area contributed by atoms with Crippen molar-refractivity contribution in [3.8, 4) is 0 Å². The lowest BCUT2D eigenvalue weighted by molar-refractivity contribution is -0.162. The quantitative estimate of drug-likeness (QED) is 0.475. The number of nitrogens with zero attached hydrogens (tertiary/aromatic N) is 1. The van der Waals surface area contributed by atoms with E-state index < -0.39 is 11.7 Å². The van der Waals surface area contributed by atoms with E-state index in [2.05, 4.69) is 44.2 Å². The molecule has 1 aromatic carbocycles. The van der Waals surface area contributed by atoms with E-state index in [1.807, 2.05) is 27.7 Å². The number of esters is 1. The number of aromatic nitrogens is 1. The van der Waals surface area contributed by atoms with E-state index in [1.54, 1.807) is 0 Å². The smallest absolute Gasteiger partial charge is 0.339 e. The molecule has 1 heterocycles. The van der Waals surface area contributed by atoms with Crippen molar-refractivity contribution in [2.45, 2.75) is 78.4 Å². The molecule has 0 saturated heterocycles. The number of fused-ring (bicyclic) bond motifs is 1. The molecule has 0 N–H and O–H groups in total. The molecule has 3 rings (SSSR count). The Hall–Kier alpha value is -2.20. The van der Waals surface area contributed by atoms with Gasteiger partial charge in [-0.05, 0) is 89.6 Å². The molecule has 29 heavy (non-hydrogen) atoms. The molecular formula is C25H33NO3. The zero-order valence-electron chi connectivity index (χ0n) is 18.5. The summed E-state index contributed by atoms with van der Waals surface area (Å²) in [6.45, 7) is 12.2. The van der Waals surface area contributed by atoms with Crippen molar-refractivity contribution in [3.63, 3.8) is 0 Å². The van der Waals surface area contributed by atoms with Crippen molar-refractivity contribution in [1.82, 2.24) is 4.98 Å². The zero-order chi connectivity index (χ0) is 21.2. The summed E-state index contributed by atoms with van der Waals surface area (Å²) in [6, 6.07) is 8.60. The van der Waals surface area contributed by atoms with Gasteiger partial charge in [0.15, 0.2) is 6.10 Å². The van der Waals surface area contributed by atoms with Crippen LogP contribution in [0.2, 0.25) is 0 Å². The second-order valence-corrected chi connectivity index (χ2v) is 8.91. The minimum absolute atomic E-state index is 0.110. The molecule has 4 nitrogen and oxygen atoms in total. The molecule has 0 aliphatic heterocycles. The molecule has 2 aromatic rings. The lowest BCUT2D eigenvalue weighted by Crippen LogP contribution is -2.38. The van der Waals surface area contributed by atoms with E-state index >= 15 is 0 Å². The summed E-state index contributed by atoms with van der Waals surface area (Å²) in [5, 5.41) is 1.13. The summed E-state index contributed by atoms with van der Waals surface area (Å²) < 4.78 is 11.6. The van der Waals surface area contributed by atoms with Crippen LogP contribution in [0.4, 0.5) is 0 Å². The largest absolute Gasteiger partial charge is 0.464 e. The van der Waals surface area contributed by atoms with Crippen LogP contribution in [-0.2, 0) is 14.3 Å². The van der Waals surface area contributed by atoms with E-state index in [-0.39, 0.29) is 11.9 Å². The summed E-state index contributed by atoms with van der Waals surface area (Å²) in [5.74, 6) is -0.193. The Balaban J connectivity index is 2.05. The number of allylic oxidation sites excluding steroid dienone is 1. The molecule has 0 amide bonds. The van der Waals surface area contributed by atoms with Crippen LogP contribution in [0.15, 0.2) is 35.9 Å². The van der Waals surface area contributed by atoms with E-state index in [0.717, 1.165) is 41.4 Å². The van der Waals surface area contributed by atoms with Crippen molar-refractivity contribution in [3.05, 3.63) is 52.7 Å². The van der Waals surface area contributed by atoms with E-state index in [4.69, 9.17) is 14.5 Å². The molecule has 1 aliphatic carbocycles. The number of rotatable bonds is 5. The van der Waals surface area contributed by atoms with Crippen molar-refractivity contribution < 1.29 is 14.3 Å². The highest BCUT2D eigenvalue weighted by atomic mass is 16.6. The maximum absolute atomic E-state index is 12.8. The van der Waals surface area contributed by atoms with Crippen LogP contribution >= 0.6 is 0 Å². The molecule has 0 saturated carbocycles. The fraction of sp³-hybridized carbons (Fsp3) is 0.520. The van der Waals surface area contributed by atoms with Crippen LogP contribution in [0, 0.1) is 13.8 Å². The van der Waals surface area contributed by atoms with Crippen LogP contribution in [0.25, 0.3) is 10.9 Å². The monoisotopic (exact) mass is 395 g/mol. The molecule has 0 bridgehead atoms. The maximum Gasteiger partial charge on any atom is 0.339 e. The van der Waals surface area contributed by atoms with Gasteiger partial charge in [0, 0.05) is 17.0 Å². The zero-order valence-corrected chi connectivity index (χ0v) is 18.5. The molecule has 1 unspecified atom stereocenters. The Morgan fingerprint density at radius 2 is 2.00 bits per heavy atom. The number of carbonyl (C=O) groups excluding carboxylic acids is 1. The molecule has 156 valence electrons. The number of hydrogen-bond donors (Lipinski definition) is 0. The van der Waals surface area contributed by atoms with Crippen LogP contribution in [0.5, 0.6) is 0 Å². The van der Waals surface area contributed by atoms with Gasteiger partial charge in [0.2, 0.25) is 0 Å². The third-order valence-electron chi connectivity index (χ3n) is 5.33. The van der Waals surface area contributed by atoms with Crippen LogP contribution < -0.4 is 0 Å². The Bertz CT molecular complexity index is 924. The number of hydrogen-bond acceptors (Lipinski definition) is 4. The minimum atomic E-state index is -0.687. The van der Waals surface area contributed by atoms with Crippen LogP contribution in [0.1, 0.15) is 69.7 Å². The van der Waals surface area contributed by atoms with Crippen LogP contribution in [0.3, 0.4) is 0 Å². The van der Waals surface area contributed by atoms with Crippen molar-refractivity contribution >= 4 is 16.9 Å². The Morgan fingerprint density at radius 3 is 2.69 bits per heavy atom. The number of pyridine rings is 1. The van der Waals surface area contributed by atoms with Crippen molar-refractivity contribution in [1.29, 1.82) is 0 Å². The van der Waals surface area contributed by atoms with Gasteiger partial charge >= 0.3 is 5.97 Å². The SMILES string of the molecule is CCOC(=O)[C@@H](OC(C)(C)C)C1=CCCCC1c1cc2ccc(C)cc2nc1C. The van der Waals surface area contributed by atoms with Gasteiger partial charge in [-0.25, -0.2) is 4.79 Å². The predicted octanol–water partition coefficient (Wildman–Crippen LogP) is 5.79. The van der Waals surface area contributed by atoms with Crippen molar-refractivity contribution in [2.24, 2.45) is 0 Å². The van der Waals surface area contributed by atoms with Gasteiger partial charge in [-0.3, -0.25) is 4.98 Å². The summed E-state index contributed by atoms with van der Waals surface area (Å²) >= 11 is 0. The summed E-state index contributed by atoms with van der Waals surface area (Å²) in [7, 11) is 0. The third-order valence-corrected chi connectivity index (χ3v) is 5.33. The van der Waals surface area contributed by atoms with E-state index in [0.29, 0.717) is 6.61 Å². The second kappa shape index (κ2) is 8.66. The molecule has 4 heteroatoms. The molecule has 0 fully saturated rings. The number of carbonyl (C=O) groups is 1. The Labute approximate surface area is 174 Å². The first-order valence-corrected chi connectivity index (χ1v) is 10.6. The molecule has 0 radical (unpaired) electrons. The normalized spacial score (nSPS) is 18.4. The first-order valence-electron chi connectivity index (χ1n) is 10.6. The fourth-order valence-electron chi connectivity index (χ4n) is 4.09. The first kappa shape index (κ1) is 21.5. The number of aryl methyl sites for hydroxylation is 2. The maximum atomic E-state index is 12.8. The van der Waals surface area contributed by atoms with Gasteiger partial charge in [-0.15, -0.1) is 0 Å². The Kier molecular flexibility index (Phi) is 6.42. The summed E-state index contributed by atoms with van der Waals surface area (Å²) in [5.41, 5.74) is 4.98. The average molecular weight is 396 g/mol. The minimum Gasteiger partial charge on any atom is -0.464 e. The van der Waals surface area contributed by atoms with E-state index in [9.17, 15) is 4.79 Å². The van der Waals surface area contributed by atoms with Crippen molar-refractivity contribution in [2.75, 3.05) is 6.61 Å². The Morgan fingerprint density at radius 1 is 1.24 bits per heavy atom. The number of ether oxygens (including phenoxy) is 2. The molecule has 1 aliphatic rings. The highest BCUT2D eigenvalue weighted by molar-refractivity contribution is 5.82. The molecule has 0 spiro atoms. The number of benzene rings is 1. The van der Waals surface area contributed by atoms with Gasteiger partial charge in [0.25, 0.3) is 0 Å². The molecular weight excluding hydrogens is 362 g/mol. The fourth-order valence-corrected chi connectivity index (χ4v) is 4.09. The first-order chi connectivity index (χ1) is 13.7. The average Bonchev–Trinajstić information content (AvgIpc) is 2.65. The summed E-state index contributed by atoms with van der Waals surface area (Å²) in [6.07, 6.45) is 4.52. The summed E-state index contributed by atoms with van der Waals surface area (Å²) in [4.78, 5) is 17.7. The molecule has 2 atom stereocenters. The van der Waals surface area contributed by atoms with Gasteiger partial charge in [-0.2, -0.15) is 0 Å².